The summed E-state index contributed by atoms with van der Waals surface area (Å²) in [6.45, 7) is 2.89. The van der Waals surface area contributed by atoms with Crippen molar-refractivity contribution in [1.29, 1.82) is 0 Å². The number of carbonyl (C=O) groups is 2. The largest absolute Gasteiger partial charge is 0.480 e. The standard InChI is InChI=1S/C9H17NO6S/c1-2-14-6-15-3-4-16-9(13)17-5-7(10)8(11)12/h7H,2-6,10H2,1H3,(H,11,12)/t7-/m0/s1. The molecule has 0 aliphatic heterocycles. The fourth-order valence-electron chi connectivity index (χ4n) is 0.656. The van der Waals surface area contributed by atoms with Crippen molar-refractivity contribution in [2.75, 3.05) is 32.4 Å². The fourth-order valence-corrected chi connectivity index (χ4v) is 1.28. The first kappa shape index (κ1) is 16.2. The fraction of sp³-hybridized carbons (Fsp3) is 0.778. The highest BCUT2D eigenvalue weighted by Crippen LogP contribution is 2.06. The van der Waals surface area contributed by atoms with E-state index in [0.717, 1.165) is 11.8 Å². The van der Waals surface area contributed by atoms with E-state index in [0.29, 0.717) is 6.61 Å². The molecule has 0 aliphatic carbocycles. The van der Waals surface area contributed by atoms with E-state index in [-0.39, 0.29) is 25.8 Å². The molecule has 0 aliphatic rings. The molecule has 0 amide bonds. The summed E-state index contributed by atoms with van der Waals surface area (Å²) >= 11 is 0.727. The van der Waals surface area contributed by atoms with Crippen LogP contribution in [0.25, 0.3) is 0 Å². The minimum atomic E-state index is -1.15. The molecular formula is C9H17NO6S. The first-order valence-electron chi connectivity index (χ1n) is 5.01. The molecule has 1 atom stereocenters. The highest BCUT2D eigenvalue weighted by Gasteiger charge is 2.14. The molecule has 0 heterocycles. The van der Waals surface area contributed by atoms with Crippen molar-refractivity contribution in [2.45, 2.75) is 13.0 Å². The Labute approximate surface area is 104 Å². The molecule has 100 valence electrons. The molecule has 8 heteroatoms. The van der Waals surface area contributed by atoms with Crippen molar-refractivity contribution in [1.82, 2.24) is 0 Å². The maximum atomic E-state index is 11.1. The Kier molecular flexibility index (Phi) is 9.83. The third kappa shape index (κ3) is 10.1. The number of hydrogen-bond acceptors (Lipinski definition) is 7. The monoisotopic (exact) mass is 267 g/mol. The Morgan fingerprint density at radius 2 is 2.06 bits per heavy atom. The van der Waals surface area contributed by atoms with Gasteiger partial charge in [-0.2, -0.15) is 0 Å². The van der Waals surface area contributed by atoms with Crippen molar-refractivity contribution >= 4 is 23.0 Å². The highest BCUT2D eigenvalue weighted by molar-refractivity contribution is 8.13. The normalized spacial score (nSPS) is 12.1. The van der Waals surface area contributed by atoms with Gasteiger partial charge in [-0.15, -0.1) is 0 Å². The van der Waals surface area contributed by atoms with Crippen molar-refractivity contribution in [2.24, 2.45) is 5.73 Å². The van der Waals surface area contributed by atoms with Crippen LogP contribution in [-0.2, 0) is 19.0 Å². The predicted octanol–water partition coefficient (Wildman–Crippen LogP) is 0.279. The lowest BCUT2D eigenvalue weighted by Gasteiger charge is -2.07. The zero-order valence-electron chi connectivity index (χ0n) is 9.59. The van der Waals surface area contributed by atoms with E-state index in [1.54, 1.807) is 0 Å². The van der Waals surface area contributed by atoms with Gasteiger partial charge in [0, 0.05) is 12.4 Å². The van der Waals surface area contributed by atoms with Crippen molar-refractivity contribution in [3.63, 3.8) is 0 Å². The molecule has 3 N–H and O–H groups in total. The number of ether oxygens (including phenoxy) is 3. The average molecular weight is 267 g/mol. The number of rotatable bonds is 9. The quantitative estimate of drug-likeness (QED) is 0.348. The number of aliphatic carboxylic acids is 1. The van der Waals surface area contributed by atoms with Crippen LogP contribution in [-0.4, -0.2) is 54.8 Å². The van der Waals surface area contributed by atoms with E-state index in [1.807, 2.05) is 6.92 Å². The average Bonchev–Trinajstić information content (AvgIpc) is 2.30. The van der Waals surface area contributed by atoms with Gasteiger partial charge in [-0.3, -0.25) is 4.79 Å². The van der Waals surface area contributed by atoms with Crippen LogP contribution in [0.5, 0.6) is 0 Å². The molecule has 17 heavy (non-hydrogen) atoms. The van der Waals surface area contributed by atoms with Gasteiger partial charge in [0.1, 0.15) is 19.4 Å². The molecule has 0 bridgehead atoms. The SMILES string of the molecule is CCOCOCCOC(=O)SC[C@H](N)C(=O)O. The van der Waals surface area contributed by atoms with Crippen LogP contribution in [0.4, 0.5) is 4.79 Å². The minimum absolute atomic E-state index is 0.0199. The Bertz CT molecular complexity index is 238. The second-order valence-corrected chi connectivity index (χ2v) is 3.83. The van der Waals surface area contributed by atoms with Crippen LogP contribution in [0.15, 0.2) is 0 Å². The maximum Gasteiger partial charge on any atom is 0.367 e. The van der Waals surface area contributed by atoms with E-state index in [9.17, 15) is 9.59 Å². The van der Waals surface area contributed by atoms with Gasteiger partial charge in [-0.1, -0.05) is 0 Å². The first-order chi connectivity index (χ1) is 8.07. The first-order valence-corrected chi connectivity index (χ1v) is 6.00. The van der Waals surface area contributed by atoms with Gasteiger partial charge in [0.25, 0.3) is 0 Å². The molecule has 7 nitrogen and oxygen atoms in total. The number of carbonyl (C=O) groups excluding carboxylic acids is 1. The zero-order valence-corrected chi connectivity index (χ0v) is 10.4. The molecule has 0 saturated carbocycles. The molecule has 0 spiro atoms. The Morgan fingerprint density at radius 1 is 1.35 bits per heavy atom. The summed E-state index contributed by atoms with van der Waals surface area (Å²) in [5, 5.41) is 7.90. The summed E-state index contributed by atoms with van der Waals surface area (Å²) in [7, 11) is 0. The van der Waals surface area contributed by atoms with Gasteiger partial charge in [-0.05, 0) is 18.7 Å². The zero-order chi connectivity index (χ0) is 13.1. The van der Waals surface area contributed by atoms with Gasteiger partial charge in [0.05, 0.1) is 6.61 Å². The Morgan fingerprint density at radius 3 is 2.65 bits per heavy atom. The third-order valence-electron chi connectivity index (χ3n) is 1.52. The van der Waals surface area contributed by atoms with E-state index >= 15 is 0 Å². The summed E-state index contributed by atoms with van der Waals surface area (Å²) < 4.78 is 14.6. The number of thioether (sulfide) groups is 1. The summed E-state index contributed by atoms with van der Waals surface area (Å²) in [6, 6.07) is -1.07. The van der Waals surface area contributed by atoms with Gasteiger partial charge in [-0.25, -0.2) is 4.79 Å². The summed E-state index contributed by atoms with van der Waals surface area (Å²) in [5.74, 6) is -1.17. The third-order valence-corrected chi connectivity index (χ3v) is 2.40. The Balaban J connectivity index is 3.38. The number of hydrogen-bond donors (Lipinski definition) is 2. The van der Waals surface area contributed by atoms with Gasteiger partial charge in [0.15, 0.2) is 0 Å². The van der Waals surface area contributed by atoms with Crippen LogP contribution in [0.3, 0.4) is 0 Å². The van der Waals surface area contributed by atoms with E-state index in [2.05, 4.69) is 0 Å². The van der Waals surface area contributed by atoms with Crippen molar-refractivity contribution < 1.29 is 28.9 Å². The predicted molar refractivity (Wildman–Crippen MR) is 61.9 cm³/mol. The Hall–Kier alpha value is -0.830. The number of carboxylic acid groups (broad SMARTS) is 1. The summed E-state index contributed by atoms with van der Waals surface area (Å²) in [6.07, 6.45) is 0. The van der Waals surface area contributed by atoms with Crippen LogP contribution in [0.2, 0.25) is 0 Å². The number of nitrogens with two attached hydrogens (primary N) is 1. The van der Waals surface area contributed by atoms with Crippen molar-refractivity contribution in [3.05, 3.63) is 0 Å². The molecule has 0 saturated heterocycles. The lowest BCUT2D eigenvalue weighted by atomic mass is 10.4. The van der Waals surface area contributed by atoms with Gasteiger partial charge < -0.3 is 25.1 Å². The molecule has 0 aromatic rings. The van der Waals surface area contributed by atoms with Crippen LogP contribution in [0, 0.1) is 0 Å². The molecule has 0 fully saturated rings. The van der Waals surface area contributed by atoms with Crippen molar-refractivity contribution in [3.8, 4) is 0 Å². The molecule has 0 aromatic carbocycles. The van der Waals surface area contributed by atoms with E-state index in [1.165, 1.54) is 0 Å². The van der Waals surface area contributed by atoms with Gasteiger partial charge in [0.2, 0.25) is 0 Å². The lowest BCUT2D eigenvalue weighted by molar-refractivity contribution is -0.137. The minimum Gasteiger partial charge on any atom is -0.480 e. The van der Waals surface area contributed by atoms with E-state index < -0.39 is 17.3 Å². The highest BCUT2D eigenvalue weighted by atomic mass is 32.2. The summed E-state index contributed by atoms with van der Waals surface area (Å²) in [4.78, 5) is 21.4. The molecular weight excluding hydrogens is 250 g/mol. The smallest absolute Gasteiger partial charge is 0.367 e. The van der Waals surface area contributed by atoms with Gasteiger partial charge >= 0.3 is 11.3 Å². The van der Waals surface area contributed by atoms with Crippen LogP contribution >= 0.6 is 11.8 Å². The van der Waals surface area contributed by atoms with Crippen LogP contribution < -0.4 is 5.73 Å². The second-order valence-electron chi connectivity index (χ2n) is 2.87. The number of carboxylic acids is 1. The molecule has 0 rings (SSSR count). The molecule has 0 radical (unpaired) electrons. The summed E-state index contributed by atoms with van der Waals surface area (Å²) in [5.41, 5.74) is 5.21. The maximum absolute atomic E-state index is 11.1. The molecule has 0 aromatic heterocycles. The molecule has 0 unspecified atom stereocenters. The lowest BCUT2D eigenvalue weighted by Crippen LogP contribution is -2.33. The van der Waals surface area contributed by atoms with E-state index in [4.69, 9.17) is 25.1 Å². The topological polar surface area (TPSA) is 108 Å². The van der Waals surface area contributed by atoms with Crippen LogP contribution in [0.1, 0.15) is 6.92 Å². The second kappa shape index (κ2) is 10.3.